The van der Waals surface area contributed by atoms with E-state index >= 15 is 0 Å². The van der Waals surface area contributed by atoms with Gasteiger partial charge in [0.1, 0.15) is 0 Å². The van der Waals surface area contributed by atoms with Crippen LogP contribution in [-0.4, -0.2) is 63.9 Å². The third-order valence-corrected chi connectivity index (χ3v) is 4.89. The highest BCUT2D eigenvalue weighted by molar-refractivity contribution is 7.89. The van der Waals surface area contributed by atoms with Crippen molar-refractivity contribution in [3.8, 4) is 0 Å². The van der Waals surface area contributed by atoms with Crippen LogP contribution in [-0.2, 0) is 14.8 Å². The number of sulfonamides is 1. The smallest absolute Gasteiger partial charge is 0.240 e. The number of aliphatic hydroxyl groups excluding tert-OH is 1. The van der Waals surface area contributed by atoms with E-state index in [1.807, 2.05) is 19.0 Å². The first-order valence-electron chi connectivity index (χ1n) is 6.42. The fraction of sp³-hybridized carbons (Fsp3) is 0.538. The third kappa shape index (κ3) is 3.36. The highest BCUT2D eigenvalue weighted by Gasteiger charge is 2.37. The maximum atomic E-state index is 12.1. The van der Waals surface area contributed by atoms with Crippen LogP contribution in [0.1, 0.15) is 0 Å². The average Bonchev–Trinajstić information content (AvgIpc) is 2.79. The van der Waals surface area contributed by atoms with Crippen LogP contribution in [0.3, 0.4) is 0 Å². The minimum absolute atomic E-state index is 0.0583. The highest BCUT2D eigenvalue weighted by atomic mass is 32.2. The van der Waals surface area contributed by atoms with Gasteiger partial charge < -0.3 is 14.7 Å². The number of nitrogens with zero attached hydrogens (tertiary/aromatic N) is 1. The number of benzene rings is 1. The predicted octanol–water partition coefficient (Wildman–Crippen LogP) is -0.345. The van der Waals surface area contributed by atoms with Crippen molar-refractivity contribution < 1.29 is 18.3 Å². The van der Waals surface area contributed by atoms with Crippen molar-refractivity contribution in [2.24, 2.45) is 0 Å². The number of hydrogen-bond acceptors (Lipinski definition) is 5. The number of rotatable bonds is 5. The average molecular weight is 300 g/mol. The fourth-order valence-electron chi connectivity index (χ4n) is 2.18. The van der Waals surface area contributed by atoms with Crippen LogP contribution in [0.15, 0.2) is 35.2 Å². The number of ether oxygens (including phenoxy) is 1. The van der Waals surface area contributed by atoms with Crippen LogP contribution < -0.4 is 4.72 Å². The molecular formula is C13H20N2O4S. The first-order valence-corrected chi connectivity index (χ1v) is 7.91. The molecule has 112 valence electrons. The zero-order valence-corrected chi connectivity index (χ0v) is 12.4. The summed E-state index contributed by atoms with van der Waals surface area (Å²) in [4.78, 5) is 2.08. The van der Waals surface area contributed by atoms with Crippen LogP contribution in [0.2, 0.25) is 0 Å². The van der Waals surface area contributed by atoms with Gasteiger partial charge in [0, 0.05) is 6.54 Å². The molecule has 1 aliphatic heterocycles. The van der Waals surface area contributed by atoms with Crippen LogP contribution in [0, 0.1) is 0 Å². The van der Waals surface area contributed by atoms with E-state index in [1.54, 1.807) is 18.2 Å². The molecule has 3 atom stereocenters. The zero-order chi connectivity index (χ0) is 14.8. The summed E-state index contributed by atoms with van der Waals surface area (Å²) < 4.78 is 32.0. The van der Waals surface area contributed by atoms with Gasteiger partial charge in [0.25, 0.3) is 0 Å². The van der Waals surface area contributed by atoms with Gasteiger partial charge in [0.05, 0.1) is 29.8 Å². The van der Waals surface area contributed by atoms with Crippen molar-refractivity contribution in [2.75, 3.05) is 27.2 Å². The molecule has 3 unspecified atom stereocenters. The van der Waals surface area contributed by atoms with E-state index in [-0.39, 0.29) is 17.5 Å². The van der Waals surface area contributed by atoms with E-state index in [2.05, 4.69) is 4.72 Å². The molecule has 0 aromatic heterocycles. The summed E-state index contributed by atoms with van der Waals surface area (Å²) in [7, 11) is 0.146. The first kappa shape index (κ1) is 15.4. The zero-order valence-electron chi connectivity index (χ0n) is 11.6. The van der Waals surface area contributed by atoms with Gasteiger partial charge in [-0.15, -0.1) is 0 Å². The molecule has 20 heavy (non-hydrogen) atoms. The quantitative estimate of drug-likeness (QED) is 0.777. The second kappa shape index (κ2) is 6.19. The van der Waals surface area contributed by atoms with Crippen LogP contribution in [0.4, 0.5) is 0 Å². The molecule has 1 aromatic rings. The fourth-order valence-corrected chi connectivity index (χ4v) is 3.24. The van der Waals surface area contributed by atoms with Gasteiger partial charge in [-0.05, 0) is 26.2 Å². The molecule has 0 spiro atoms. The molecule has 7 heteroatoms. The van der Waals surface area contributed by atoms with Crippen molar-refractivity contribution in [3.63, 3.8) is 0 Å². The van der Waals surface area contributed by atoms with Crippen LogP contribution in [0.5, 0.6) is 0 Å². The van der Waals surface area contributed by atoms with Gasteiger partial charge in [-0.1, -0.05) is 18.2 Å². The molecule has 1 saturated heterocycles. The lowest BCUT2D eigenvalue weighted by atomic mass is 10.1. The Morgan fingerprint density at radius 1 is 1.35 bits per heavy atom. The Morgan fingerprint density at radius 2 is 2.00 bits per heavy atom. The normalized spacial score (nSPS) is 27.1. The number of aliphatic hydroxyl groups is 1. The van der Waals surface area contributed by atoms with Crippen molar-refractivity contribution in [1.82, 2.24) is 9.62 Å². The maximum absolute atomic E-state index is 12.1. The van der Waals surface area contributed by atoms with Gasteiger partial charge in [-0.25, -0.2) is 13.1 Å². The summed E-state index contributed by atoms with van der Waals surface area (Å²) in [5, 5.41) is 10.1. The Balaban J connectivity index is 1.96. The Hall–Kier alpha value is -0.990. The lowest BCUT2D eigenvalue weighted by Gasteiger charge is -2.22. The molecule has 0 radical (unpaired) electrons. The minimum Gasteiger partial charge on any atom is -0.389 e. The van der Waals surface area contributed by atoms with Gasteiger partial charge >= 0.3 is 0 Å². The van der Waals surface area contributed by atoms with Crippen molar-refractivity contribution in [1.29, 1.82) is 0 Å². The second-order valence-corrected chi connectivity index (χ2v) is 6.83. The van der Waals surface area contributed by atoms with Crippen molar-refractivity contribution >= 4 is 10.0 Å². The van der Waals surface area contributed by atoms with E-state index < -0.39 is 22.2 Å². The summed E-state index contributed by atoms with van der Waals surface area (Å²) in [5.41, 5.74) is 0. The Kier molecular flexibility index (Phi) is 4.77. The highest BCUT2D eigenvalue weighted by Crippen LogP contribution is 2.18. The third-order valence-electron chi connectivity index (χ3n) is 3.45. The molecule has 0 amide bonds. The molecular weight excluding hydrogens is 280 g/mol. The molecule has 1 fully saturated rings. The van der Waals surface area contributed by atoms with Crippen molar-refractivity contribution in [3.05, 3.63) is 30.3 Å². The number of nitrogens with one attached hydrogen (secondary N) is 1. The molecule has 1 aliphatic rings. The lowest BCUT2D eigenvalue weighted by molar-refractivity contribution is 0.0401. The minimum atomic E-state index is -3.56. The summed E-state index contributed by atoms with van der Waals surface area (Å²) in [6, 6.07) is 8.02. The Labute approximate surface area is 119 Å². The lowest BCUT2D eigenvalue weighted by Crippen LogP contribution is -2.44. The molecule has 2 rings (SSSR count). The summed E-state index contributed by atoms with van der Waals surface area (Å²) >= 11 is 0. The van der Waals surface area contributed by atoms with E-state index in [9.17, 15) is 13.5 Å². The number of hydrogen-bond donors (Lipinski definition) is 2. The standard InChI is InChI=1S/C13H20N2O4S/c1-15(2)11-9-19-12(13(11)16)8-14-20(17,18)10-6-4-3-5-7-10/h3-7,11-14,16H,8-9H2,1-2H3. The molecule has 1 heterocycles. The summed E-state index contributed by atoms with van der Waals surface area (Å²) in [6.07, 6.45) is -1.23. The van der Waals surface area contributed by atoms with Crippen LogP contribution >= 0.6 is 0 Å². The van der Waals surface area contributed by atoms with E-state index in [1.165, 1.54) is 12.1 Å². The van der Waals surface area contributed by atoms with E-state index in [0.29, 0.717) is 6.61 Å². The first-order chi connectivity index (χ1) is 9.42. The molecule has 6 nitrogen and oxygen atoms in total. The summed E-state index contributed by atoms with van der Waals surface area (Å²) in [6.45, 7) is 0.453. The van der Waals surface area contributed by atoms with Gasteiger partial charge in [0.15, 0.2) is 0 Å². The largest absolute Gasteiger partial charge is 0.389 e. The second-order valence-electron chi connectivity index (χ2n) is 5.06. The van der Waals surface area contributed by atoms with Gasteiger partial charge in [-0.2, -0.15) is 0 Å². The molecule has 0 aliphatic carbocycles. The number of likely N-dealkylation sites (N-methyl/N-ethyl adjacent to an activating group) is 1. The summed E-state index contributed by atoms with van der Waals surface area (Å²) in [5.74, 6) is 0. The van der Waals surface area contributed by atoms with Crippen LogP contribution in [0.25, 0.3) is 0 Å². The Morgan fingerprint density at radius 3 is 2.55 bits per heavy atom. The molecule has 0 bridgehead atoms. The molecule has 0 saturated carbocycles. The molecule has 2 N–H and O–H groups in total. The van der Waals surface area contributed by atoms with Crippen molar-refractivity contribution in [2.45, 2.75) is 23.1 Å². The van der Waals surface area contributed by atoms with Gasteiger partial charge in [0.2, 0.25) is 10.0 Å². The maximum Gasteiger partial charge on any atom is 0.240 e. The van der Waals surface area contributed by atoms with E-state index in [4.69, 9.17) is 4.74 Å². The Bertz CT molecular complexity index is 533. The molecule has 1 aromatic carbocycles. The van der Waals surface area contributed by atoms with Gasteiger partial charge in [-0.3, -0.25) is 0 Å². The van der Waals surface area contributed by atoms with E-state index in [0.717, 1.165) is 0 Å². The SMILES string of the molecule is CN(C)C1COC(CNS(=O)(=O)c2ccccc2)C1O. The monoisotopic (exact) mass is 300 g/mol. The topological polar surface area (TPSA) is 78.9 Å². The predicted molar refractivity (Wildman–Crippen MR) is 74.9 cm³/mol.